The molecule has 1 aliphatic heterocycles. The standard InChI is InChI=1S/C26H28N4O4S/c1-34-24(31)26(12-5-13-26)20-8-10-21(11-9-20)27-23-18-22(19-6-3-2-4-7-19)28-25(29-23)30-14-16-35(32,33)17-15-30/h2-4,6-11,18H,5,12-17H2,1H3,(H,27,28,29). The zero-order valence-electron chi connectivity index (χ0n) is 19.6. The van der Waals surface area contributed by atoms with Crippen LogP contribution in [-0.4, -0.2) is 56.1 Å². The number of hydrogen-bond donors (Lipinski definition) is 1. The van der Waals surface area contributed by atoms with Gasteiger partial charge in [-0.05, 0) is 30.5 Å². The molecule has 1 aliphatic carbocycles. The predicted octanol–water partition coefficient (Wildman–Crippen LogP) is 3.72. The van der Waals surface area contributed by atoms with E-state index in [4.69, 9.17) is 14.7 Å². The van der Waals surface area contributed by atoms with Crippen LogP contribution < -0.4 is 10.2 Å². The van der Waals surface area contributed by atoms with Crippen molar-refractivity contribution in [2.24, 2.45) is 0 Å². The fourth-order valence-corrected chi connectivity index (χ4v) is 5.87. The Morgan fingerprint density at radius 2 is 1.69 bits per heavy atom. The lowest BCUT2D eigenvalue weighted by molar-refractivity contribution is -0.151. The maximum absolute atomic E-state index is 12.4. The summed E-state index contributed by atoms with van der Waals surface area (Å²) in [5, 5.41) is 3.36. The number of nitrogens with zero attached hydrogens (tertiary/aromatic N) is 3. The van der Waals surface area contributed by atoms with Gasteiger partial charge in [-0.3, -0.25) is 4.79 Å². The summed E-state index contributed by atoms with van der Waals surface area (Å²) in [6, 6.07) is 19.5. The number of ether oxygens (including phenoxy) is 1. The van der Waals surface area contributed by atoms with Gasteiger partial charge in [0.1, 0.15) is 5.82 Å². The Morgan fingerprint density at radius 1 is 1.00 bits per heavy atom. The average molecular weight is 493 g/mol. The molecule has 8 nitrogen and oxygen atoms in total. The molecule has 35 heavy (non-hydrogen) atoms. The summed E-state index contributed by atoms with van der Waals surface area (Å²) in [4.78, 5) is 23.8. The van der Waals surface area contributed by atoms with Gasteiger partial charge in [0.15, 0.2) is 9.84 Å². The molecule has 1 saturated carbocycles. The Labute approximate surface area is 205 Å². The quantitative estimate of drug-likeness (QED) is 0.520. The zero-order chi connectivity index (χ0) is 24.5. The highest BCUT2D eigenvalue weighted by molar-refractivity contribution is 7.91. The molecule has 2 fully saturated rings. The molecular formula is C26H28N4O4S. The molecule has 1 saturated heterocycles. The van der Waals surface area contributed by atoms with Crippen LogP contribution in [0.1, 0.15) is 24.8 Å². The molecule has 0 bridgehead atoms. The molecule has 0 amide bonds. The van der Waals surface area contributed by atoms with Crippen molar-refractivity contribution in [3.63, 3.8) is 0 Å². The molecule has 0 unspecified atom stereocenters. The number of sulfone groups is 1. The number of carbonyl (C=O) groups excluding carboxylic acids is 1. The first-order chi connectivity index (χ1) is 16.9. The lowest BCUT2D eigenvalue weighted by atomic mass is 9.64. The lowest BCUT2D eigenvalue weighted by Gasteiger charge is -2.39. The SMILES string of the molecule is COC(=O)C1(c2ccc(Nc3cc(-c4ccccc4)nc(N4CCS(=O)(=O)CC4)n3)cc2)CCC1. The minimum Gasteiger partial charge on any atom is -0.468 e. The van der Waals surface area contributed by atoms with E-state index in [1.165, 1.54) is 7.11 Å². The third kappa shape index (κ3) is 4.73. The third-order valence-electron chi connectivity index (χ3n) is 6.90. The molecule has 1 aromatic heterocycles. The van der Waals surface area contributed by atoms with Gasteiger partial charge in [0, 0.05) is 30.4 Å². The Morgan fingerprint density at radius 3 is 2.29 bits per heavy atom. The van der Waals surface area contributed by atoms with E-state index in [0.29, 0.717) is 24.9 Å². The number of esters is 1. The van der Waals surface area contributed by atoms with E-state index in [-0.39, 0.29) is 17.5 Å². The number of carbonyl (C=O) groups is 1. The molecule has 2 aliphatic rings. The number of benzene rings is 2. The molecule has 2 heterocycles. The number of methoxy groups -OCH3 is 1. The summed E-state index contributed by atoms with van der Waals surface area (Å²) in [6.45, 7) is 0.731. The minimum absolute atomic E-state index is 0.0953. The second kappa shape index (κ2) is 9.30. The molecule has 2 aromatic carbocycles. The van der Waals surface area contributed by atoms with E-state index >= 15 is 0 Å². The van der Waals surface area contributed by atoms with Crippen LogP contribution in [0.5, 0.6) is 0 Å². The van der Waals surface area contributed by atoms with Gasteiger partial charge in [-0.25, -0.2) is 13.4 Å². The van der Waals surface area contributed by atoms with Crippen LogP contribution in [0.2, 0.25) is 0 Å². The van der Waals surface area contributed by atoms with E-state index < -0.39 is 15.3 Å². The number of anilines is 3. The molecule has 5 rings (SSSR count). The second-order valence-corrected chi connectivity index (χ2v) is 11.4. The van der Waals surface area contributed by atoms with E-state index in [1.807, 2.05) is 65.6 Å². The maximum atomic E-state index is 12.4. The van der Waals surface area contributed by atoms with Gasteiger partial charge in [-0.1, -0.05) is 48.9 Å². The smallest absolute Gasteiger partial charge is 0.316 e. The fourth-order valence-electron chi connectivity index (χ4n) is 4.67. The molecule has 9 heteroatoms. The topological polar surface area (TPSA) is 101 Å². The Balaban J connectivity index is 1.43. The highest BCUT2D eigenvalue weighted by atomic mass is 32.2. The molecule has 182 valence electrons. The molecule has 0 radical (unpaired) electrons. The largest absolute Gasteiger partial charge is 0.468 e. The normalized spacial score (nSPS) is 18.4. The van der Waals surface area contributed by atoms with Crippen molar-refractivity contribution < 1.29 is 17.9 Å². The van der Waals surface area contributed by atoms with Crippen LogP contribution in [0.3, 0.4) is 0 Å². The van der Waals surface area contributed by atoms with Crippen molar-refractivity contribution in [1.82, 2.24) is 9.97 Å². The van der Waals surface area contributed by atoms with Crippen LogP contribution in [0.25, 0.3) is 11.3 Å². The summed E-state index contributed by atoms with van der Waals surface area (Å²) < 4.78 is 28.9. The van der Waals surface area contributed by atoms with Gasteiger partial charge < -0.3 is 15.0 Å². The maximum Gasteiger partial charge on any atom is 0.316 e. The minimum atomic E-state index is -3.01. The van der Waals surface area contributed by atoms with Crippen LogP contribution in [0.4, 0.5) is 17.5 Å². The summed E-state index contributed by atoms with van der Waals surface area (Å²) in [5.41, 5.74) is 2.96. The van der Waals surface area contributed by atoms with Crippen molar-refractivity contribution in [3.05, 3.63) is 66.2 Å². The summed E-state index contributed by atoms with van der Waals surface area (Å²) in [6.07, 6.45) is 2.61. The number of rotatable bonds is 6. The van der Waals surface area contributed by atoms with Crippen LogP contribution in [0, 0.1) is 0 Å². The number of hydrogen-bond acceptors (Lipinski definition) is 8. The van der Waals surface area contributed by atoms with Gasteiger partial charge in [0.2, 0.25) is 5.95 Å². The van der Waals surface area contributed by atoms with Gasteiger partial charge >= 0.3 is 5.97 Å². The second-order valence-electron chi connectivity index (χ2n) is 9.07. The van der Waals surface area contributed by atoms with Crippen molar-refractivity contribution in [2.75, 3.05) is 41.9 Å². The van der Waals surface area contributed by atoms with Crippen molar-refractivity contribution in [2.45, 2.75) is 24.7 Å². The first-order valence-electron chi connectivity index (χ1n) is 11.7. The highest BCUT2D eigenvalue weighted by Gasteiger charge is 2.46. The van der Waals surface area contributed by atoms with Crippen molar-refractivity contribution in [3.8, 4) is 11.3 Å². The number of nitrogens with one attached hydrogen (secondary N) is 1. The van der Waals surface area contributed by atoms with Crippen molar-refractivity contribution >= 4 is 33.3 Å². The van der Waals surface area contributed by atoms with Crippen LogP contribution >= 0.6 is 0 Å². The van der Waals surface area contributed by atoms with Crippen molar-refractivity contribution in [1.29, 1.82) is 0 Å². The van der Waals surface area contributed by atoms with Gasteiger partial charge in [0.25, 0.3) is 0 Å². The Bertz CT molecular complexity index is 1310. The molecule has 3 aromatic rings. The average Bonchev–Trinajstić information content (AvgIpc) is 2.84. The zero-order valence-corrected chi connectivity index (χ0v) is 20.4. The van der Waals surface area contributed by atoms with Gasteiger partial charge in [0.05, 0.1) is 29.7 Å². The van der Waals surface area contributed by atoms with E-state index in [2.05, 4.69) is 5.32 Å². The Kier molecular flexibility index (Phi) is 6.19. The van der Waals surface area contributed by atoms with Gasteiger partial charge in [-0.2, -0.15) is 4.98 Å². The monoisotopic (exact) mass is 492 g/mol. The number of aromatic nitrogens is 2. The first-order valence-corrected chi connectivity index (χ1v) is 13.6. The third-order valence-corrected chi connectivity index (χ3v) is 8.51. The molecule has 0 spiro atoms. The summed E-state index contributed by atoms with van der Waals surface area (Å²) >= 11 is 0. The molecule has 1 N–H and O–H groups in total. The van der Waals surface area contributed by atoms with E-state index in [0.717, 1.165) is 41.8 Å². The predicted molar refractivity (Wildman–Crippen MR) is 136 cm³/mol. The first kappa shape index (κ1) is 23.3. The lowest BCUT2D eigenvalue weighted by Crippen LogP contribution is -2.43. The molecular weight excluding hydrogens is 464 g/mol. The summed E-state index contributed by atoms with van der Waals surface area (Å²) in [5.74, 6) is 1.12. The molecule has 0 atom stereocenters. The highest BCUT2D eigenvalue weighted by Crippen LogP contribution is 2.45. The Hall–Kier alpha value is -3.46. The van der Waals surface area contributed by atoms with E-state index in [9.17, 15) is 13.2 Å². The fraction of sp³-hybridized carbons (Fsp3) is 0.346. The summed E-state index contributed by atoms with van der Waals surface area (Å²) in [7, 11) is -1.57. The van der Waals surface area contributed by atoms with Crippen LogP contribution in [0.15, 0.2) is 60.7 Å². The van der Waals surface area contributed by atoms with Crippen LogP contribution in [-0.2, 0) is 24.8 Å². The van der Waals surface area contributed by atoms with E-state index in [1.54, 1.807) is 0 Å². The van der Waals surface area contributed by atoms with Gasteiger partial charge in [-0.15, -0.1) is 0 Å².